The van der Waals surface area contributed by atoms with Gasteiger partial charge >= 0.3 is 12.1 Å². The SMILES string of the molecule is COc1ccc(NC(=O)Nc2ccc3c(c2)C(=O)N([C@H](C)CO)C[C@@H](C)[C@H](CN(C)C(=O)Nc2ccc(F)cc2)O3)cc1. The number of rotatable bonds is 8. The molecule has 1 heterocycles. The molecule has 0 radical (unpaired) electrons. The Kier molecular flexibility index (Phi) is 10.0. The van der Waals surface area contributed by atoms with Crippen LogP contribution in [0.5, 0.6) is 11.5 Å². The largest absolute Gasteiger partial charge is 0.497 e. The third kappa shape index (κ3) is 7.92. The van der Waals surface area contributed by atoms with E-state index in [-0.39, 0.29) is 42.8 Å². The van der Waals surface area contributed by atoms with E-state index in [0.29, 0.717) is 22.8 Å². The van der Waals surface area contributed by atoms with E-state index in [1.165, 1.54) is 35.2 Å². The normalized spacial score (nSPS) is 17.0. The number of halogens is 1. The highest BCUT2D eigenvalue weighted by molar-refractivity contribution is 6.02. The summed E-state index contributed by atoms with van der Waals surface area (Å²) in [4.78, 5) is 42.3. The third-order valence-corrected chi connectivity index (χ3v) is 7.17. The summed E-state index contributed by atoms with van der Waals surface area (Å²) < 4.78 is 24.7. The number of urea groups is 2. The summed E-state index contributed by atoms with van der Waals surface area (Å²) in [6.07, 6.45) is -0.526. The molecule has 4 rings (SSSR count). The van der Waals surface area contributed by atoms with E-state index in [4.69, 9.17) is 9.47 Å². The van der Waals surface area contributed by atoms with Crippen LogP contribution in [-0.4, -0.2) is 78.9 Å². The van der Waals surface area contributed by atoms with Crippen LogP contribution in [0.3, 0.4) is 0 Å². The molecule has 228 valence electrons. The molecule has 0 bridgehead atoms. The van der Waals surface area contributed by atoms with Crippen LogP contribution in [0.15, 0.2) is 66.7 Å². The van der Waals surface area contributed by atoms with E-state index < -0.39 is 30.0 Å². The summed E-state index contributed by atoms with van der Waals surface area (Å²) in [7, 11) is 3.17. The van der Waals surface area contributed by atoms with E-state index in [1.54, 1.807) is 62.4 Å². The molecule has 11 nitrogen and oxygen atoms in total. The Morgan fingerprint density at radius 1 is 1.05 bits per heavy atom. The van der Waals surface area contributed by atoms with Crippen molar-refractivity contribution in [1.82, 2.24) is 9.80 Å². The van der Waals surface area contributed by atoms with Gasteiger partial charge in [-0.1, -0.05) is 6.92 Å². The topological polar surface area (TPSA) is 132 Å². The first-order valence-electron chi connectivity index (χ1n) is 13.8. The predicted molar refractivity (Wildman–Crippen MR) is 161 cm³/mol. The number of amides is 5. The summed E-state index contributed by atoms with van der Waals surface area (Å²) in [5, 5.41) is 18.1. The lowest BCUT2D eigenvalue weighted by Crippen LogP contribution is -2.50. The summed E-state index contributed by atoms with van der Waals surface area (Å²) >= 11 is 0. The van der Waals surface area contributed by atoms with Gasteiger partial charge in [0.2, 0.25) is 0 Å². The maximum atomic E-state index is 13.7. The van der Waals surface area contributed by atoms with Crippen LogP contribution in [0, 0.1) is 11.7 Å². The molecule has 0 spiro atoms. The lowest BCUT2D eigenvalue weighted by atomic mass is 9.99. The molecule has 3 aromatic carbocycles. The van der Waals surface area contributed by atoms with Gasteiger partial charge in [-0.25, -0.2) is 14.0 Å². The Morgan fingerprint density at radius 3 is 2.30 bits per heavy atom. The van der Waals surface area contributed by atoms with Crippen LogP contribution in [0.1, 0.15) is 24.2 Å². The first kappa shape index (κ1) is 31.1. The lowest BCUT2D eigenvalue weighted by Gasteiger charge is -2.38. The fourth-order valence-electron chi connectivity index (χ4n) is 4.59. The number of likely N-dealkylation sites (N-methyl/N-ethyl adjacent to an activating group) is 1. The molecule has 0 saturated heterocycles. The summed E-state index contributed by atoms with van der Waals surface area (Å²) in [6.45, 7) is 3.84. The molecular formula is C31H36FN5O6. The van der Waals surface area contributed by atoms with Gasteiger partial charge in [-0.15, -0.1) is 0 Å². The van der Waals surface area contributed by atoms with Gasteiger partial charge in [0.15, 0.2) is 0 Å². The van der Waals surface area contributed by atoms with Crippen LogP contribution in [-0.2, 0) is 0 Å². The van der Waals surface area contributed by atoms with Crippen molar-refractivity contribution < 1.29 is 33.4 Å². The van der Waals surface area contributed by atoms with E-state index in [0.717, 1.165) is 0 Å². The smallest absolute Gasteiger partial charge is 0.323 e. The average Bonchev–Trinajstić information content (AvgIpc) is 3.00. The molecule has 1 aliphatic heterocycles. The zero-order valence-corrected chi connectivity index (χ0v) is 24.5. The van der Waals surface area contributed by atoms with Gasteiger partial charge in [0.05, 0.1) is 31.9 Å². The molecule has 43 heavy (non-hydrogen) atoms. The molecule has 0 saturated carbocycles. The monoisotopic (exact) mass is 593 g/mol. The number of methoxy groups -OCH3 is 1. The standard InChI is InChI=1S/C31H36FN5O6/c1-19-16-37(20(2)18-38)29(39)26-15-24(34-30(40)33-22-9-12-25(42-4)13-10-22)11-14-27(26)43-28(19)17-36(3)31(41)35-23-7-5-21(32)6-8-23/h5-15,19-20,28,38H,16-18H2,1-4H3,(H,35,41)(H2,33,34,40)/t19-,20-,28+/m1/s1. The summed E-state index contributed by atoms with van der Waals surface area (Å²) in [5.74, 6) is -0.0526. The van der Waals surface area contributed by atoms with Crippen molar-refractivity contribution in [2.45, 2.75) is 26.0 Å². The fraction of sp³-hybridized carbons (Fsp3) is 0.323. The molecule has 3 aromatic rings. The fourth-order valence-corrected chi connectivity index (χ4v) is 4.59. The number of nitrogens with zero attached hydrogens (tertiary/aromatic N) is 2. The second-order valence-electron chi connectivity index (χ2n) is 10.5. The van der Waals surface area contributed by atoms with Gasteiger partial charge < -0.3 is 40.3 Å². The van der Waals surface area contributed by atoms with E-state index >= 15 is 0 Å². The van der Waals surface area contributed by atoms with Crippen LogP contribution >= 0.6 is 0 Å². The number of carbonyl (C=O) groups excluding carboxylic acids is 3. The molecule has 4 N–H and O–H groups in total. The number of hydrogen-bond donors (Lipinski definition) is 4. The number of hydrogen-bond acceptors (Lipinski definition) is 6. The van der Waals surface area contributed by atoms with Crippen molar-refractivity contribution in [3.05, 3.63) is 78.1 Å². The van der Waals surface area contributed by atoms with Gasteiger partial charge in [0.1, 0.15) is 23.4 Å². The second kappa shape index (κ2) is 13.9. The minimum Gasteiger partial charge on any atom is -0.497 e. The molecule has 3 atom stereocenters. The molecule has 0 fully saturated rings. The Bertz CT molecular complexity index is 1440. The highest BCUT2D eigenvalue weighted by Crippen LogP contribution is 2.31. The van der Waals surface area contributed by atoms with Gasteiger partial charge in [0, 0.05) is 36.6 Å². The van der Waals surface area contributed by atoms with Gasteiger partial charge in [0.25, 0.3) is 5.91 Å². The van der Waals surface area contributed by atoms with E-state index in [1.807, 2.05) is 6.92 Å². The molecule has 0 aliphatic carbocycles. The van der Waals surface area contributed by atoms with Gasteiger partial charge in [-0.3, -0.25) is 4.79 Å². The highest BCUT2D eigenvalue weighted by Gasteiger charge is 2.34. The maximum absolute atomic E-state index is 13.7. The number of aliphatic hydroxyl groups excluding tert-OH is 1. The first-order chi connectivity index (χ1) is 20.6. The number of ether oxygens (including phenoxy) is 2. The lowest BCUT2D eigenvalue weighted by molar-refractivity contribution is 0.0371. The van der Waals surface area contributed by atoms with Gasteiger partial charge in [-0.2, -0.15) is 0 Å². The maximum Gasteiger partial charge on any atom is 0.323 e. The quantitative estimate of drug-likeness (QED) is 0.295. The van der Waals surface area contributed by atoms with Crippen molar-refractivity contribution in [1.29, 1.82) is 0 Å². The number of anilines is 3. The second-order valence-corrected chi connectivity index (χ2v) is 10.5. The predicted octanol–water partition coefficient (Wildman–Crippen LogP) is 4.86. The van der Waals surface area contributed by atoms with E-state index in [2.05, 4.69) is 16.0 Å². The Labute approximate surface area is 249 Å². The molecule has 0 aromatic heterocycles. The van der Waals surface area contributed by atoms with Crippen LogP contribution < -0.4 is 25.4 Å². The minimum absolute atomic E-state index is 0.174. The Balaban J connectivity index is 1.53. The number of benzene rings is 3. The molecule has 1 aliphatic rings. The number of carbonyl (C=O) groups is 3. The third-order valence-electron chi connectivity index (χ3n) is 7.17. The molecule has 5 amide bonds. The van der Waals surface area contributed by atoms with Crippen molar-refractivity contribution in [3.63, 3.8) is 0 Å². The zero-order chi connectivity index (χ0) is 31.1. The molecule has 0 unspecified atom stereocenters. The van der Waals surface area contributed by atoms with Crippen LogP contribution in [0.4, 0.5) is 31.0 Å². The number of fused-ring (bicyclic) bond motifs is 1. The molecule has 12 heteroatoms. The summed E-state index contributed by atoms with van der Waals surface area (Å²) in [6, 6.07) is 15.6. The van der Waals surface area contributed by atoms with Crippen molar-refractivity contribution in [3.8, 4) is 11.5 Å². The molecular weight excluding hydrogens is 557 g/mol. The van der Waals surface area contributed by atoms with Gasteiger partial charge in [-0.05, 0) is 73.7 Å². The Morgan fingerprint density at radius 2 is 1.65 bits per heavy atom. The average molecular weight is 594 g/mol. The van der Waals surface area contributed by atoms with Crippen LogP contribution in [0.2, 0.25) is 0 Å². The van der Waals surface area contributed by atoms with Crippen molar-refractivity contribution in [2.24, 2.45) is 5.92 Å². The van der Waals surface area contributed by atoms with E-state index in [9.17, 15) is 23.9 Å². The van der Waals surface area contributed by atoms with Crippen LogP contribution in [0.25, 0.3) is 0 Å². The number of nitrogens with one attached hydrogen (secondary N) is 3. The van der Waals surface area contributed by atoms with Crippen molar-refractivity contribution >= 4 is 35.0 Å². The van der Waals surface area contributed by atoms with Crippen molar-refractivity contribution in [2.75, 3.05) is 49.8 Å². The zero-order valence-electron chi connectivity index (χ0n) is 24.5. The highest BCUT2D eigenvalue weighted by atomic mass is 19.1. The summed E-state index contributed by atoms with van der Waals surface area (Å²) in [5.41, 5.74) is 1.56. The first-order valence-corrected chi connectivity index (χ1v) is 13.8. The number of aliphatic hydroxyl groups is 1. The Hall–Kier alpha value is -4.84. The minimum atomic E-state index is -0.526.